The molecule has 25 heavy (non-hydrogen) atoms. The Hall–Kier alpha value is -2.36. The molecule has 0 spiro atoms. The Morgan fingerprint density at radius 2 is 1.92 bits per heavy atom. The summed E-state index contributed by atoms with van der Waals surface area (Å²) in [4.78, 5) is 26.7. The first-order valence-corrected chi connectivity index (χ1v) is 9.26. The first kappa shape index (κ1) is 17.5. The fraction of sp³-hybridized carbons (Fsp3) is 0.429. The van der Waals surface area contributed by atoms with Crippen molar-refractivity contribution < 1.29 is 9.59 Å². The van der Waals surface area contributed by atoms with Crippen molar-refractivity contribution in [3.05, 3.63) is 42.0 Å². The van der Waals surface area contributed by atoms with Gasteiger partial charge in [0, 0.05) is 17.5 Å². The topological polar surface area (TPSA) is 49.4 Å². The Morgan fingerprint density at radius 3 is 2.64 bits per heavy atom. The van der Waals surface area contributed by atoms with E-state index in [0.29, 0.717) is 18.0 Å². The van der Waals surface area contributed by atoms with Crippen molar-refractivity contribution in [2.75, 3.05) is 18.0 Å². The summed E-state index contributed by atoms with van der Waals surface area (Å²) in [6.07, 6.45) is 4.57. The molecule has 0 aromatic heterocycles. The van der Waals surface area contributed by atoms with Gasteiger partial charge in [-0.05, 0) is 29.9 Å². The van der Waals surface area contributed by atoms with Crippen LogP contribution in [0.1, 0.15) is 49.9 Å². The molecule has 2 aromatic carbocycles. The van der Waals surface area contributed by atoms with E-state index in [1.807, 2.05) is 36.4 Å². The van der Waals surface area contributed by atoms with Crippen molar-refractivity contribution in [2.24, 2.45) is 5.92 Å². The van der Waals surface area contributed by atoms with E-state index in [1.54, 1.807) is 4.90 Å². The van der Waals surface area contributed by atoms with Crippen LogP contribution >= 0.6 is 0 Å². The van der Waals surface area contributed by atoms with Crippen LogP contribution in [0.25, 0.3) is 10.8 Å². The number of carbonyl (C=O) groups excluding carboxylic acids is 2. The number of carbonyl (C=O) groups is 2. The molecule has 1 aliphatic rings. The van der Waals surface area contributed by atoms with Gasteiger partial charge in [0.25, 0.3) is 5.91 Å². The molecule has 4 heteroatoms. The van der Waals surface area contributed by atoms with Gasteiger partial charge < -0.3 is 5.32 Å². The lowest BCUT2D eigenvalue weighted by Crippen LogP contribution is -2.40. The minimum absolute atomic E-state index is 0.0802. The average molecular weight is 338 g/mol. The minimum Gasteiger partial charge on any atom is -0.354 e. The van der Waals surface area contributed by atoms with E-state index in [-0.39, 0.29) is 18.4 Å². The molecule has 1 aliphatic heterocycles. The maximum atomic E-state index is 12.7. The maximum Gasteiger partial charge on any atom is 0.259 e. The predicted octanol–water partition coefficient (Wildman–Crippen LogP) is 4.13. The Labute approximate surface area is 149 Å². The summed E-state index contributed by atoms with van der Waals surface area (Å²) in [7, 11) is 0. The smallest absolute Gasteiger partial charge is 0.259 e. The van der Waals surface area contributed by atoms with Gasteiger partial charge in [-0.1, -0.05) is 57.4 Å². The lowest BCUT2D eigenvalue weighted by Gasteiger charge is -2.19. The van der Waals surface area contributed by atoms with Crippen LogP contribution in [0.4, 0.5) is 5.69 Å². The SMILES string of the molecule is CCCCC(CC)CNC(=O)CN1C(=O)c2cccc3cccc1c23. The second kappa shape index (κ2) is 7.68. The highest BCUT2D eigenvalue weighted by Gasteiger charge is 2.30. The molecule has 132 valence electrons. The molecule has 0 fully saturated rings. The molecule has 0 bridgehead atoms. The van der Waals surface area contributed by atoms with Gasteiger partial charge in [0.15, 0.2) is 0 Å². The monoisotopic (exact) mass is 338 g/mol. The van der Waals surface area contributed by atoms with E-state index in [9.17, 15) is 9.59 Å². The van der Waals surface area contributed by atoms with E-state index in [4.69, 9.17) is 0 Å². The number of unbranched alkanes of at least 4 members (excludes halogenated alkanes) is 1. The lowest BCUT2D eigenvalue weighted by molar-refractivity contribution is -0.119. The molecule has 3 rings (SSSR count). The van der Waals surface area contributed by atoms with Gasteiger partial charge in [0.2, 0.25) is 5.91 Å². The lowest BCUT2D eigenvalue weighted by atomic mass is 9.99. The first-order valence-electron chi connectivity index (χ1n) is 9.26. The van der Waals surface area contributed by atoms with Gasteiger partial charge in [-0.2, -0.15) is 0 Å². The summed E-state index contributed by atoms with van der Waals surface area (Å²) >= 11 is 0. The molecule has 1 N–H and O–H groups in total. The molecule has 0 saturated carbocycles. The second-order valence-corrected chi connectivity index (χ2v) is 6.79. The molecule has 2 aromatic rings. The Morgan fingerprint density at radius 1 is 1.16 bits per heavy atom. The summed E-state index contributed by atoms with van der Waals surface area (Å²) in [6, 6.07) is 11.6. The third kappa shape index (κ3) is 3.53. The number of benzene rings is 2. The number of nitrogens with one attached hydrogen (secondary N) is 1. The van der Waals surface area contributed by atoms with Crippen LogP contribution in [-0.4, -0.2) is 24.9 Å². The summed E-state index contributed by atoms with van der Waals surface area (Å²) in [5.74, 6) is 0.340. The van der Waals surface area contributed by atoms with Gasteiger partial charge in [-0.3, -0.25) is 14.5 Å². The van der Waals surface area contributed by atoms with Crippen LogP contribution in [0, 0.1) is 5.92 Å². The van der Waals surface area contributed by atoms with Crippen LogP contribution < -0.4 is 10.2 Å². The third-order valence-corrected chi connectivity index (χ3v) is 5.08. The summed E-state index contributed by atoms with van der Waals surface area (Å²) in [5, 5.41) is 5.01. The number of anilines is 1. The van der Waals surface area contributed by atoms with Crippen LogP contribution in [-0.2, 0) is 4.79 Å². The highest BCUT2D eigenvalue weighted by molar-refractivity contribution is 6.26. The Balaban J connectivity index is 1.67. The number of hydrogen-bond acceptors (Lipinski definition) is 2. The zero-order valence-electron chi connectivity index (χ0n) is 15.0. The van der Waals surface area contributed by atoms with Crippen LogP contribution in [0.15, 0.2) is 36.4 Å². The fourth-order valence-electron chi connectivity index (χ4n) is 3.54. The summed E-state index contributed by atoms with van der Waals surface area (Å²) < 4.78 is 0. The zero-order chi connectivity index (χ0) is 17.8. The molecular formula is C21H26N2O2. The van der Waals surface area contributed by atoms with E-state index in [1.165, 1.54) is 12.8 Å². The summed E-state index contributed by atoms with van der Waals surface area (Å²) in [6.45, 7) is 5.11. The molecule has 1 heterocycles. The molecule has 0 radical (unpaired) electrons. The van der Waals surface area contributed by atoms with E-state index in [2.05, 4.69) is 19.2 Å². The van der Waals surface area contributed by atoms with Crippen LogP contribution in [0.3, 0.4) is 0 Å². The minimum atomic E-state index is -0.0897. The molecular weight excluding hydrogens is 312 g/mol. The first-order chi connectivity index (χ1) is 12.2. The van der Waals surface area contributed by atoms with Crippen LogP contribution in [0.2, 0.25) is 0 Å². The zero-order valence-corrected chi connectivity index (χ0v) is 15.0. The van der Waals surface area contributed by atoms with Crippen molar-refractivity contribution in [3.63, 3.8) is 0 Å². The normalized spacial score (nSPS) is 14.2. The Kier molecular flexibility index (Phi) is 5.37. The van der Waals surface area contributed by atoms with Crippen LogP contribution in [0.5, 0.6) is 0 Å². The molecule has 4 nitrogen and oxygen atoms in total. The quantitative estimate of drug-likeness (QED) is 0.786. The van der Waals surface area contributed by atoms with E-state index >= 15 is 0 Å². The third-order valence-electron chi connectivity index (χ3n) is 5.08. The van der Waals surface area contributed by atoms with E-state index in [0.717, 1.165) is 29.3 Å². The van der Waals surface area contributed by atoms with Crippen molar-refractivity contribution in [1.29, 1.82) is 0 Å². The molecule has 2 amide bonds. The summed E-state index contributed by atoms with van der Waals surface area (Å²) in [5.41, 5.74) is 1.53. The number of amides is 2. The van der Waals surface area contributed by atoms with Crippen molar-refractivity contribution >= 4 is 28.3 Å². The van der Waals surface area contributed by atoms with Gasteiger partial charge in [0.05, 0.1) is 5.69 Å². The maximum absolute atomic E-state index is 12.7. The highest BCUT2D eigenvalue weighted by Crippen LogP contribution is 2.36. The van der Waals surface area contributed by atoms with Crippen molar-refractivity contribution in [2.45, 2.75) is 39.5 Å². The van der Waals surface area contributed by atoms with Crippen molar-refractivity contribution in [3.8, 4) is 0 Å². The standard InChI is InChI=1S/C21H26N2O2/c1-3-5-8-15(4-2)13-22-19(24)14-23-18-12-7-10-16-9-6-11-17(20(16)18)21(23)25/h6-7,9-12,15H,3-5,8,13-14H2,1-2H3,(H,22,24). The number of nitrogens with zero attached hydrogens (tertiary/aromatic N) is 1. The van der Waals surface area contributed by atoms with E-state index < -0.39 is 0 Å². The van der Waals surface area contributed by atoms with Gasteiger partial charge in [0.1, 0.15) is 6.54 Å². The molecule has 1 unspecified atom stereocenters. The molecule has 1 atom stereocenters. The predicted molar refractivity (Wildman–Crippen MR) is 102 cm³/mol. The molecule has 0 saturated heterocycles. The second-order valence-electron chi connectivity index (χ2n) is 6.79. The number of rotatable bonds is 8. The largest absolute Gasteiger partial charge is 0.354 e. The number of hydrogen-bond donors (Lipinski definition) is 1. The fourth-order valence-corrected chi connectivity index (χ4v) is 3.54. The average Bonchev–Trinajstić information content (AvgIpc) is 2.90. The van der Waals surface area contributed by atoms with Gasteiger partial charge >= 0.3 is 0 Å². The van der Waals surface area contributed by atoms with Crippen molar-refractivity contribution in [1.82, 2.24) is 5.32 Å². The molecule has 0 aliphatic carbocycles. The highest BCUT2D eigenvalue weighted by atomic mass is 16.2. The van der Waals surface area contributed by atoms with Gasteiger partial charge in [-0.25, -0.2) is 0 Å². The Bertz CT molecular complexity index is 779. The van der Waals surface area contributed by atoms with Gasteiger partial charge in [-0.15, -0.1) is 0 Å².